The van der Waals surface area contributed by atoms with Gasteiger partial charge in [0.1, 0.15) is 5.75 Å². The van der Waals surface area contributed by atoms with Crippen LogP contribution in [0.5, 0.6) is 5.75 Å². The lowest BCUT2D eigenvalue weighted by Gasteiger charge is -2.22. The fraction of sp³-hybridized carbons (Fsp3) is 0.462. The quantitative estimate of drug-likeness (QED) is 0.125. The number of hydrogen-bond acceptors (Lipinski definition) is 12. The molecule has 0 heterocycles. The van der Waals surface area contributed by atoms with Gasteiger partial charge in [0, 0.05) is 6.92 Å². The fourth-order valence-corrected chi connectivity index (χ4v) is 79.9. The molecule has 12 nitrogen and oxygen atoms in total. The van der Waals surface area contributed by atoms with Crippen LogP contribution >= 0.6 is 0 Å². The maximum absolute atomic E-state index is 12.5. The number of aryl methyl sites for hydroxylation is 1. The lowest BCUT2D eigenvalue weighted by Crippen LogP contribution is -2.52. The Bertz CT molecular complexity index is 1160. The summed E-state index contributed by atoms with van der Waals surface area (Å²) < 4.78 is 118. The number of esters is 1. The Kier molecular flexibility index (Phi) is 13.3. The Labute approximate surface area is 213 Å². The summed E-state index contributed by atoms with van der Waals surface area (Å²) in [7, 11) is -32.9. The Hall–Kier alpha value is -1.14. The highest BCUT2D eigenvalue weighted by molar-refractivity contribution is 7.74. The predicted octanol–water partition coefficient (Wildman–Crippen LogP) is -1.27. The first kappa shape index (κ1) is 31.9. The van der Waals surface area contributed by atoms with E-state index in [0.29, 0.717) is 24.6 Å². The zero-order valence-corrected chi connectivity index (χ0v) is 28.8. The molecule has 0 unspecified atom stereocenters. The lowest BCUT2D eigenvalue weighted by molar-refractivity contribution is -0.131. The van der Waals surface area contributed by atoms with E-state index in [2.05, 4.69) is 0 Å². The van der Waals surface area contributed by atoms with Crippen LogP contribution in [0.1, 0.15) is 18.9 Å². The van der Waals surface area contributed by atoms with E-state index in [0.717, 1.165) is 5.56 Å². The monoisotopic (exact) mass is 647 g/mol. The average molecular weight is 648 g/mol. The van der Waals surface area contributed by atoms with Gasteiger partial charge in [-0.3, -0.25) is 4.79 Å². The van der Waals surface area contributed by atoms with Crippen LogP contribution in [0.2, 0.25) is 19.1 Å². The number of benzene rings is 1. The first-order valence-corrected chi connectivity index (χ1v) is 33.1. The molecule has 0 N–H and O–H groups in total. The number of rotatable bonds is 15. The van der Waals surface area contributed by atoms with Crippen molar-refractivity contribution >= 4 is 85.7 Å². The summed E-state index contributed by atoms with van der Waals surface area (Å²) in [5, 5.41) is 0. The van der Waals surface area contributed by atoms with Crippen molar-refractivity contribution in [1.82, 2.24) is 0 Å². The summed E-state index contributed by atoms with van der Waals surface area (Å²) >= 11 is 0. The molecule has 0 aliphatic rings. The summed E-state index contributed by atoms with van der Waals surface area (Å²) in [6.45, 7) is 4.67. The summed E-state index contributed by atoms with van der Waals surface area (Å²) in [5.41, 5.74) is 0.775. The van der Waals surface area contributed by atoms with Crippen LogP contribution in [-0.4, -0.2) is 85.7 Å². The summed E-state index contributed by atoms with van der Waals surface area (Å²) in [6, 6.07) is 7.38. The van der Waals surface area contributed by atoms with Gasteiger partial charge in [-0.1, -0.05) is 18.2 Å². The molecule has 0 fully saturated rings. The third kappa shape index (κ3) is 10.0. The predicted molar refractivity (Wildman–Crippen MR) is 127 cm³/mol. The summed E-state index contributed by atoms with van der Waals surface area (Å²) in [6.07, 6.45) is 1.05. The second-order valence-corrected chi connectivity index (χ2v) is 49.2. The van der Waals surface area contributed by atoms with Crippen molar-refractivity contribution in [2.45, 2.75) is 38.9 Å². The minimum Gasteiger partial charge on any atom is -0.578 e. The molecular weight excluding hydrogens is 629 g/mol. The molecule has 0 amide bonds. The van der Waals surface area contributed by atoms with Gasteiger partial charge in [-0.2, -0.15) is 0 Å². The molecule has 0 spiro atoms. The second kappa shape index (κ2) is 14.6. The zero-order valence-electron chi connectivity index (χ0n) is 18.8. The van der Waals surface area contributed by atoms with Gasteiger partial charge in [0.15, 0.2) is 0 Å². The summed E-state index contributed by atoms with van der Waals surface area (Å²) in [5.74, 6) is -0.0463. The van der Waals surface area contributed by atoms with E-state index in [1.54, 1.807) is 37.4 Å². The molecule has 183 valence electrons. The van der Waals surface area contributed by atoms with Crippen molar-refractivity contribution in [2.24, 2.45) is 0 Å². The molecule has 35 heavy (non-hydrogen) atoms. The topological polar surface area (TPSA) is 189 Å². The molecule has 0 aliphatic carbocycles. The molecule has 0 atom stereocenters. The lowest BCUT2D eigenvalue weighted by atomic mass is 10.1. The Morgan fingerprint density at radius 2 is 1.37 bits per heavy atom. The number of ether oxygens (including phenoxy) is 1. The van der Waals surface area contributed by atoms with E-state index in [9.17, 15) is 45.0 Å². The molecule has 1 radical (unpaired) electrons. The number of carbonyl (C=O) groups excluding carboxylic acids is 1. The van der Waals surface area contributed by atoms with Gasteiger partial charge < -0.3 is 49.0 Å². The molecule has 0 aromatic heterocycles. The van der Waals surface area contributed by atoms with Gasteiger partial charge >= 0.3 is 77.4 Å². The van der Waals surface area contributed by atoms with Gasteiger partial charge in [-0.05, 0) is 43.6 Å². The van der Waals surface area contributed by atoms with Gasteiger partial charge in [0.25, 0.3) is 0 Å². The van der Waals surface area contributed by atoms with Crippen molar-refractivity contribution in [1.29, 1.82) is 0 Å². The first-order chi connectivity index (χ1) is 16.2. The number of para-hydroxylation sites is 1. The fourth-order valence-electron chi connectivity index (χ4n) is 2.67. The minimum atomic E-state index is -3.76. The Balaban J connectivity index is 2.75. The van der Waals surface area contributed by atoms with Crippen LogP contribution in [0.25, 0.3) is 0 Å². The molecule has 0 aliphatic heterocycles. The molecule has 22 heteroatoms. The maximum atomic E-state index is 12.5. The average Bonchev–Trinajstić information content (AvgIpc) is 2.80. The van der Waals surface area contributed by atoms with E-state index in [-0.39, 0.29) is 0 Å². The van der Waals surface area contributed by atoms with E-state index in [1.165, 1.54) is 6.92 Å². The minimum absolute atomic E-state index is 0.417. The van der Waals surface area contributed by atoms with Crippen molar-refractivity contribution in [3.05, 3.63) is 29.8 Å². The normalized spacial score (nSPS) is 10.5. The maximum Gasteiger partial charge on any atom is 0.532 e. The number of carbonyl (C=O) groups is 1. The van der Waals surface area contributed by atoms with Crippen LogP contribution in [0, 0.1) is 0 Å². The smallest absolute Gasteiger partial charge is 0.532 e. The molecule has 0 saturated heterocycles. The van der Waals surface area contributed by atoms with Crippen LogP contribution < -0.4 is 4.74 Å². The third-order valence-corrected chi connectivity index (χ3v) is 62.7. The van der Waals surface area contributed by atoms with Crippen LogP contribution in [0.15, 0.2) is 24.3 Å². The first-order valence-electron chi connectivity index (χ1n) is 9.89. The van der Waals surface area contributed by atoms with Crippen molar-refractivity contribution in [2.75, 3.05) is 0 Å². The standard InChI is InChI=1S/C13H19O12Si10/c1-11(14)24-13-9-5-4-7-12(13)8-6-10-35(2,3)25-27(16)29(18)31(20)33(22)34(23)32(21)30(19)28(17)26-15/h4-5,7,9H,6,8,10H2,1-3H3. The second-order valence-electron chi connectivity index (χ2n) is 7.61. The van der Waals surface area contributed by atoms with Crippen molar-refractivity contribution in [3.8, 4) is 5.75 Å². The van der Waals surface area contributed by atoms with Gasteiger partial charge in [-0.15, -0.1) is 0 Å². The molecule has 1 aromatic rings. The Morgan fingerprint density at radius 1 is 0.857 bits per heavy atom. The molecule has 0 saturated carbocycles. The van der Waals surface area contributed by atoms with Gasteiger partial charge in [-0.25, -0.2) is 0 Å². The van der Waals surface area contributed by atoms with E-state index >= 15 is 0 Å². The van der Waals surface area contributed by atoms with Gasteiger partial charge in [0.05, 0.1) is 0 Å². The molecule has 1 rings (SSSR count). The van der Waals surface area contributed by atoms with Crippen LogP contribution in [0.3, 0.4) is 0 Å². The highest BCUT2D eigenvalue weighted by atomic mass is 30.0. The third-order valence-electron chi connectivity index (χ3n) is 4.34. The highest BCUT2D eigenvalue weighted by Gasteiger charge is 2.50. The van der Waals surface area contributed by atoms with Gasteiger partial charge in [0.2, 0.25) is 8.32 Å². The highest BCUT2D eigenvalue weighted by Crippen LogP contribution is 2.23. The van der Waals surface area contributed by atoms with E-state index < -0.39 is 85.7 Å². The molecular formula is C13H19O12Si10. The van der Waals surface area contributed by atoms with Crippen LogP contribution in [-0.2, 0) is 55.5 Å². The molecule has 0 bridgehead atoms. The van der Waals surface area contributed by atoms with Crippen molar-refractivity contribution < 1.29 is 53.8 Å². The van der Waals surface area contributed by atoms with Crippen LogP contribution in [0.4, 0.5) is 0 Å². The van der Waals surface area contributed by atoms with Crippen molar-refractivity contribution in [3.63, 3.8) is 0 Å². The van der Waals surface area contributed by atoms with E-state index in [1.807, 2.05) is 0 Å². The van der Waals surface area contributed by atoms with E-state index in [4.69, 9.17) is 8.85 Å². The molecule has 1 aromatic carbocycles. The number of hydrogen-bond donors (Lipinski definition) is 0. The Morgan fingerprint density at radius 3 is 1.91 bits per heavy atom. The SMILES string of the molecule is CC(=O)Oc1ccccc1CCC[Si](C)(C)O[Si](=O)[Si](=O)[Si](=O)[Si](=O)[Si](=O)[Si](=O)[Si](=O)[Si](=O)[Si]=O. The largest absolute Gasteiger partial charge is 0.578 e. The zero-order chi connectivity index (χ0) is 26.9. The summed E-state index contributed by atoms with van der Waals surface area (Å²) in [4.78, 5) is 11.2.